The van der Waals surface area contributed by atoms with E-state index in [1.165, 1.54) is 41.5 Å². The van der Waals surface area contributed by atoms with Gasteiger partial charge in [0.25, 0.3) is 0 Å². The zero-order valence-electron chi connectivity index (χ0n) is 16.6. The summed E-state index contributed by atoms with van der Waals surface area (Å²) < 4.78 is 0. The van der Waals surface area contributed by atoms with E-state index in [-0.39, 0.29) is 0 Å². The van der Waals surface area contributed by atoms with Crippen molar-refractivity contribution in [2.24, 2.45) is 5.41 Å². The van der Waals surface area contributed by atoms with Crippen molar-refractivity contribution >= 4 is 10.9 Å². The van der Waals surface area contributed by atoms with Crippen LogP contribution < -0.4 is 0 Å². The van der Waals surface area contributed by atoms with Gasteiger partial charge in [-0.3, -0.25) is 0 Å². The summed E-state index contributed by atoms with van der Waals surface area (Å²) in [7, 11) is 0. The maximum Gasteiger partial charge on any atom is 0.126 e. The first-order chi connectivity index (χ1) is 12.3. The van der Waals surface area contributed by atoms with Crippen LogP contribution in [0.25, 0.3) is 22.2 Å². The molecule has 0 spiro atoms. The second-order valence-electron chi connectivity index (χ2n) is 8.88. The lowest BCUT2D eigenvalue weighted by atomic mass is 9.88. The first kappa shape index (κ1) is 17.2. The normalized spacial score (nSPS) is 19.2. The van der Waals surface area contributed by atoms with Crippen LogP contribution in [0.3, 0.4) is 0 Å². The van der Waals surface area contributed by atoms with Crippen LogP contribution in [0, 0.1) is 26.2 Å². The Morgan fingerprint density at radius 2 is 1.65 bits per heavy atom. The van der Waals surface area contributed by atoms with Crippen LogP contribution in [0.1, 0.15) is 61.5 Å². The molecular formula is C24H28N2. The third-order valence-corrected chi connectivity index (χ3v) is 5.77. The molecule has 0 amide bonds. The highest BCUT2D eigenvalue weighted by atomic mass is 14.9. The van der Waals surface area contributed by atoms with E-state index in [1.54, 1.807) is 0 Å². The summed E-state index contributed by atoms with van der Waals surface area (Å²) in [5.41, 5.74) is 7.76. The predicted octanol–water partition coefficient (Wildman–Crippen LogP) is 6.52. The molecule has 0 bridgehead atoms. The number of hydrogen-bond acceptors (Lipinski definition) is 2. The van der Waals surface area contributed by atoms with Crippen LogP contribution >= 0.6 is 0 Å². The Balaban J connectivity index is 1.83. The van der Waals surface area contributed by atoms with Crippen molar-refractivity contribution in [1.82, 2.24) is 9.97 Å². The van der Waals surface area contributed by atoms with Crippen LogP contribution in [-0.2, 0) is 0 Å². The van der Waals surface area contributed by atoms with E-state index < -0.39 is 0 Å². The van der Waals surface area contributed by atoms with E-state index in [0.29, 0.717) is 11.3 Å². The molecule has 1 aliphatic rings. The minimum Gasteiger partial charge on any atom is -0.233 e. The second kappa shape index (κ2) is 6.19. The number of nitrogens with zero attached hydrogens (tertiary/aromatic N) is 2. The van der Waals surface area contributed by atoms with Gasteiger partial charge in [-0.25, -0.2) is 9.97 Å². The van der Waals surface area contributed by atoms with Gasteiger partial charge >= 0.3 is 0 Å². The zero-order valence-corrected chi connectivity index (χ0v) is 16.6. The van der Waals surface area contributed by atoms with Gasteiger partial charge in [0.05, 0.1) is 11.2 Å². The Bertz CT molecular complexity index is 965. The van der Waals surface area contributed by atoms with E-state index in [9.17, 15) is 0 Å². The van der Waals surface area contributed by atoms with Crippen molar-refractivity contribution in [2.75, 3.05) is 0 Å². The summed E-state index contributed by atoms with van der Waals surface area (Å²) in [4.78, 5) is 9.56. The molecule has 0 aliphatic heterocycles. The molecular weight excluding hydrogens is 316 g/mol. The van der Waals surface area contributed by atoms with Crippen LogP contribution in [0.15, 0.2) is 36.4 Å². The van der Waals surface area contributed by atoms with Gasteiger partial charge in [0.15, 0.2) is 0 Å². The minimum atomic E-state index is 0.464. The third kappa shape index (κ3) is 3.25. The third-order valence-electron chi connectivity index (χ3n) is 5.77. The zero-order chi connectivity index (χ0) is 18.5. The quantitative estimate of drug-likeness (QED) is 0.529. The number of benzene rings is 2. The van der Waals surface area contributed by atoms with Gasteiger partial charge in [-0.1, -0.05) is 43.2 Å². The fraction of sp³-hybridized carbons (Fsp3) is 0.417. The van der Waals surface area contributed by atoms with Crippen LogP contribution in [0.5, 0.6) is 0 Å². The standard InChI is InChI=1S/C24H28N2/c1-15-10-16(2)12-20(11-15)23-21-7-6-18(13-22(21)25-17(3)26-23)19-8-9-24(4,5)14-19/h6-7,10-13,19H,8-9,14H2,1-5H3. The van der Waals surface area contributed by atoms with Gasteiger partial charge in [-0.15, -0.1) is 0 Å². The molecule has 4 rings (SSSR count). The maximum atomic E-state index is 4.79. The fourth-order valence-corrected chi connectivity index (χ4v) is 4.57. The fourth-order valence-electron chi connectivity index (χ4n) is 4.57. The lowest BCUT2D eigenvalue weighted by molar-refractivity contribution is 0.376. The molecule has 1 heterocycles. The van der Waals surface area contributed by atoms with Crippen LogP contribution in [-0.4, -0.2) is 9.97 Å². The highest BCUT2D eigenvalue weighted by Gasteiger charge is 2.31. The molecule has 0 saturated heterocycles. The van der Waals surface area contributed by atoms with Crippen molar-refractivity contribution in [3.05, 3.63) is 58.9 Å². The summed E-state index contributed by atoms with van der Waals surface area (Å²) in [6.45, 7) is 11.1. The highest BCUT2D eigenvalue weighted by Crippen LogP contribution is 2.46. The molecule has 0 N–H and O–H groups in total. The predicted molar refractivity (Wildman–Crippen MR) is 110 cm³/mol. The molecule has 134 valence electrons. The van der Waals surface area contributed by atoms with Crippen molar-refractivity contribution < 1.29 is 0 Å². The summed E-state index contributed by atoms with van der Waals surface area (Å²) in [6.07, 6.45) is 3.87. The van der Waals surface area contributed by atoms with Crippen molar-refractivity contribution in [3.8, 4) is 11.3 Å². The number of fused-ring (bicyclic) bond motifs is 1. The Morgan fingerprint density at radius 1 is 0.923 bits per heavy atom. The van der Waals surface area contributed by atoms with E-state index in [0.717, 1.165) is 22.4 Å². The Kier molecular flexibility index (Phi) is 4.10. The summed E-state index contributed by atoms with van der Waals surface area (Å²) in [5.74, 6) is 1.50. The molecule has 2 heteroatoms. The highest BCUT2D eigenvalue weighted by molar-refractivity contribution is 5.93. The smallest absolute Gasteiger partial charge is 0.126 e. The number of aryl methyl sites for hydroxylation is 3. The summed E-state index contributed by atoms with van der Waals surface area (Å²) in [6, 6.07) is 13.5. The van der Waals surface area contributed by atoms with Crippen LogP contribution in [0.4, 0.5) is 0 Å². The Morgan fingerprint density at radius 3 is 2.31 bits per heavy atom. The molecule has 2 aromatic carbocycles. The van der Waals surface area contributed by atoms with Gasteiger partial charge in [0.2, 0.25) is 0 Å². The second-order valence-corrected chi connectivity index (χ2v) is 8.88. The number of aromatic nitrogens is 2. The minimum absolute atomic E-state index is 0.464. The van der Waals surface area contributed by atoms with Gasteiger partial charge in [-0.2, -0.15) is 0 Å². The van der Waals surface area contributed by atoms with Gasteiger partial charge in [0.1, 0.15) is 5.82 Å². The van der Waals surface area contributed by atoms with E-state index in [2.05, 4.69) is 64.1 Å². The summed E-state index contributed by atoms with van der Waals surface area (Å²) in [5, 5.41) is 1.15. The average molecular weight is 345 g/mol. The number of hydrogen-bond donors (Lipinski definition) is 0. The van der Waals surface area contributed by atoms with Gasteiger partial charge in [0, 0.05) is 10.9 Å². The number of rotatable bonds is 2. The molecule has 1 saturated carbocycles. The van der Waals surface area contributed by atoms with E-state index >= 15 is 0 Å². The molecule has 1 aliphatic carbocycles. The molecule has 1 atom stereocenters. The topological polar surface area (TPSA) is 25.8 Å². The van der Waals surface area contributed by atoms with Crippen molar-refractivity contribution in [1.29, 1.82) is 0 Å². The lowest BCUT2D eigenvalue weighted by Gasteiger charge is -2.18. The Labute approximate surface area is 156 Å². The van der Waals surface area contributed by atoms with Gasteiger partial charge in [-0.05, 0) is 75.1 Å². The largest absolute Gasteiger partial charge is 0.233 e. The lowest BCUT2D eigenvalue weighted by Crippen LogP contribution is -2.04. The molecule has 1 fully saturated rings. The Hall–Kier alpha value is -2.22. The van der Waals surface area contributed by atoms with E-state index in [1.807, 2.05) is 6.92 Å². The molecule has 26 heavy (non-hydrogen) atoms. The van der Waals surface area contributed by atoms with E-state index in [4.69, 9.17) is 9.97 Å². The van der Waals surface area contributed by atoms with Gasteiger partial charge < -0.3 is 0 Å². The average Bonchev–Trinajstić information content (AvgIpc) is 2.92. The first-order valence-corrected chi connectivity index (χ1v) is 9.68. The molecule has 2 nitrogen and oxygen atoms in total. The first-order valence-electron chi connectivity index (χ1n) is 9.68. The maximum absolute atomic E-state index is 4.79. The monoisotopic (exact) mass is 344 g/mol. The molecule has 3 aromatic rings. The molecule has 1 unspecified atom stereocenters. The summed E-state index contributed by atoms with van der Waals surface area (Å²) >= 11 is 0. The van der Waals surface area contributed by atoms with Crippen molar-refractivity contribution in [3.63, 3.8) is 0 Å². The van der Waals surface area contributed by atoms with Crippen LogP contribution in [0.2, 0.25) is 0 Å². The molecule has 0 radical (unpaired) electrons. The molecule has 1 aromatic heterocycles. The SMILES string of the molecule is Cc1cc(C)cc(-c2nc(C)nc3cc(C4CCC(C)(C)C4)ccc23)c1. The van der Waals surface area contributed by atoms with Crippen molar-refractivity contribution in [2.45, 2.75) is 59.8 Å².